The summed E-state index contributed by atoms with van der Waals surface area (Å²) in [5.41, 5.74) is 10.3. The molecule has 2 aromatic carbocycles. The highest BCUT2D eigenvalue weighted by Gasteiger charge is 2.12. The van der Waals surface area contributed by atoms with Gasteiger partial charge in [-0.1, -0.05) is 18.2 Å². The van der Waals surface area contributed by atoms with Crippen molar-refractivity contribution in [2.45, 2.75) is 0 Å². The topological polar surface area (TPSA) is 66.0 Å². The highest BCUT2D eigenvalue weighted by atomic mass is 16.5. The second-order valence-corrected chi connectivity index (χ2v) is 5.03. The molecule has 2 aromatic heterocycles. The van der Waals surface area contributed by atoms with Crippen LogP contribution in [0.15, 0.2) is 54.6 Å². The van der Waals surface area contributed by atoms with Crippen LogP contribution in [0.25, 0.3) is 27.9 Å². The van der Waals surface area contributed by atoms with Crippen molar-refractivity contribution in [1.82, 2.24) is 14.5 Å². The minimum Gasteiger partial charge on any atom is -0.497 e. The number of fused-ring (bicyclic) bond motifs is 2. The predicted octanol–water partition coefficient (Wildman–Crippen LogP) is 3.16. The number of para-hydroxylation sites is 2. The number of rotatable bonds is 2. The van der Waals surface area contributed by atoms with E-state index in [9.17, 15) is 0 Å². The molecule has 0 spiro atoms. The van der Waals surface area contributed by atoms with Crippen molar-refractivity contribution in [3.8, 4) is 11.4 Å². The van der Waals surface area contributed by atoms with Gasteiger partial charge in [0.25, 0.3) is 0 Å². The van der Waals surface area contributed by atoms with E-state index in [1.165, 1.54) is 0 Å². The summed E-state index contributed by atoms with van der Waals surface area (Å²) in [4.78, 5) is 9.34. The Balaban J connectivity index is 2.04. The molecule has 4 aromatic rings. The van der Waals surface area contributed by atoms with Crippen molar-refractivity contribution in [2.24, 2.45) is 0 Å². The van der Waals surface area contributed by atoms with E-state index in [2.05, 4.69) is 4.98 Å². The molecule has 0 bridgehead atoms. The van der Waals surface area contributed by atoms with Gasteiger partial charge < -0.3 is 10.5 Å². The second kappa shape index (κ2) is 4.73. The van der Waals surface area contributed by atoms with Gasteiger partial charge in [0.2, 0.25) is 0 Å². The zero-order valence-electron chi connectivity index (χ0n) is 12.0. The zero-order valence-corrected chi connectivity index (χ0v) is 12.0. The summed E-state index contributed by atoms with van der Waals surface area (Å²) in [6.45, 7) is 0. The fourth-order valence-corrected chi connectivity index (χ4v) is 2.61. The van der Waals surface area contributed by atoms with Gasteiger partial charge in [0.15, 0.2) is 5.65 Å². The predicted molar refractivity (Wildman–Crippen MR) is 87.3 cm³/mol. The maximum Gasteiger partial charge on any atom is 0.165 e. The van der Waals surface area contributed by atoms with E-state index in [0.29, 0.717) is 5.82 Å². The highest BCUT2D eigenvalue weighted by Crippen LogP contribution is 2.27. The number of hydrogen-bond acceptors (Lipinski definition) is 4. The monoisotopic (exact) mass is 290 g/mol. The summed E-state index contributed by atoms with van der Waals surface area (Å²) in [6, 6.07) is 17.3. The fourth-order valence-electron chi connectivity index (χ4n) is 2.61. The van der Waals surface area contributed by atoms with Gasteiger partial charge in [0.1, 0.15) is 17.1 Å². The average molecular weight is 290 g/mol. The Labute approximate surface area is 127 Å². The van der Waals surface area contributed by atoms with Crippen molar-refractivity contribution < 1.29 is 4.74 Å². The lowest BCUT2D eigenvalue weighted by atomic mass is 10.3. The first-order valence-electron chi connectivity index (χ1n) is 6.94. The fraction of sp³-hybridized carbons (Fsp3) is 0.0588. The number of aromatic nitrogens is 3. The molecule has 0 aliphatic heterocycles. The smallest absolute Gasteiger partial charge is 0.165 e. The maximum absolute atomic E-state index is 6.18. The molecule has 4 rings (SSSR count). The highest BCUT2D eigenvalue weighted by molar-refractivity contribution is 5.88. The molecule has 0 saturated carbocycles. The molecule has 108 valence electrons. The third kappa shape index (κ3) is 1.87. The number of nitrogen functional groups attached to an aromatic ring is 1. The van der Waals surface area contributed by atoms with E-state index in [-0.39, 0.29) is 0 Å². The lowest BCUT2D eigenvalue weighted by Gasteiger charge is -2.09. The molecule has 2 heterocycles. The second-order valence-electron chi connectivity index (χ2n) is 5.03. The van der Waals surface area contributed by atoms with Crippen LogP contribution in [0, 0.1) is 0 Å². The van der Waals surface area contributed by atoms with Gasteiger partial charge >= 0.3 is 0 Å². The molecule has 0 unspecified atom stereocenters. The summed E-state index contributed by atoms with van der Waals surface area (Å²) in [7, 11) is 1.64. The molecule has 0 aliphatic rings. The Morgan fingerprint density at radius 1 is 0.909 bits per heavy atom. The lowest BCUT2D eigenvalue weighted by molar-refractivity contribution is 0.414. The molecular formula is C17H14N4O. The molecule has 0 saturated heterocycles. The third-order valence-corrected chi connectivity index (χ3v) is 3.64. The molecule has 5 nitrogen and oxygen atoms in total. The van der Waals surface area contributed by atoms with E-state index in [4.69, 9.17) is 15.5 Å². The first-order chi connectivity index (χ1) is 10.8. The van der Waals surface area contributed by atoms with Crippen LogP contribution in [-0.2, 0) is 0 Å². The van der Waals surface area contributed by atoms with Crippen molar-refractivity contribution in [3.63, 3.8) is 0 Å². The van der Waals surface area contributed by atoms with Crippen LogP contribution in [0.4, 0.5) is 5.82 Å². The molecule has 5 heteroatoms. The summed E-state index contributed by atoms with van der Waals surface area (Å²) < 4.78 is 7.17. The van der Waals surface area contributed by atoms with E-state index < -0.39 is 0 Å². The third-order valence-electron chi connectivity index (χ3n) is 3.64. The molecule has 22 heavy (non-hydrogen) atoms. The van der Waals surface area contributed by atoms with Crippen LogP contribution < -0.4 is 10.5 Å². The van der Waals surface area contributed by atoms with E-state index in [0.717, 1.165) is 33.6 Å². The van der Waals surface area contributed by atoms with Gasteiger partial charge in [-0.15, -0.1) is 0 Å². The van der Waals surface area contributed by atoms with E-state index in [1.807, 2.05) is 59.2 Å². The largest absolute Gasteiger partial charge is 0.497 e. The molecule has 0 amide bonds. The minimum absolute atomic E-state index is 0.596. The van der Waals surface area contributed by atoms with Crippen molar-refractivity contribution >= 4 is 28.0 Å². The van der Waals surface area contributed by atoms with Gasteiger partial charge in [-0.05, 0) is 24.3 Å². The molecule has 0 radical (unpaired) electrons. The normalized spacial score (nSPS) is 11.1. The first-order valence-corrected chi connectivity index (χ1v) is 6.94. The zero-order chi connectivity index (χ0) is 15.1. The van der Waals surface area contributed by atoms with E-state index >= 15 is 0 Å². The Hall–Kier alpha value is -3.08. The Kier molecular flexibility index (Phi) is 2.72. The number of anilines is 1. The van der Waals surface area contributed by atoms with E-state index in [1.54, 1.807) is 7.11 Å². The first kappa shape index (κ1) is 12.6. The quantitative estimate of drug-likeness (QED) is 0.616. The summed E-state index contributed by atoms with van der Waals surface area (Å²) in [5, 5.41) is 0. The molecule has 0 aliphatic carbocycles. The van der Waals surface area contributed by atoms with Gasteiger partial charge in [-0.2, -0.15) is 0 Å². The average Bonchev–Trinajstić information content (AvgIpc) is 2.87. The number of benzene rings is 2. The van der Waals surface area contributed by atoms with Crippen molar-refractivity contribution in [2.75, 3.05) is 12.8 Å². The molecule has 0 fully saturated rings. The van der Waals surface area contributed by atoms with Gasteiger partial charge in [0.05, 0.1) is 23.8 Å². The maximum atomic E-state index is 6.18. The lowest BCUT2D eigenvalue weighted by Crippen LogP contribution is -2.01. The Morgan fingerprint density at radius 3 is 2.45 bits per heavy atom. The molecule has 0 atom stereocenters. The standard InChI is InChI=1S/C17H14N4O/c1-22-12-6-4-5-11(9-12)21-16(18)10-15-17(21)20-14-8-3-2-7-13(14)19-15/h2-10H,18H2,1H3. The van der Waals surface area contributed by atoms with Crippen LogP contribution in [0.5, 0.6) is 5.75 Å². The van der Waals surface area contributed by atoms with Crippen LogP contribution in [0.2, 0.25) is 0 Å². The molecular weight excluding hydrogens is 276 g/mol. The van der Waals surface area contributed by atoms with Crippen LogP contribution in [0.3, 0.4) is 0 Å². The van der Waals surface area contributed by atoms with Gasteiger partial charge in [0, 0.05) is 12.1 Å². The Morgan fingerprint density at radius 2 is 1.68 bits per heavy atom. The van der Waals surface area contributed by atoms with Crippen LogP contribution in [0.1, 0.15) is 0 Å². The van der Waals surface area contributed by atoms with Gasteiger partial charge in [-0.3, -0.25) is 4.57 Å². The number of hydrogen-bond donors (Lipinski definition) is 1. The summed E-state index contributed by atoms with van der Waals surface area (Å²) >= 11 is 0. The Bertz CT molecular complexity index is 990. The van der Waals surface area contributed by atoms with Crippen molar-refractivity contribution in [1.29, 1.82) is 0 Å². The number of nitrogens with zero attached hydrogens (tertiary/aromatic N) is 3. The molecule has 2 N–H and O–H groups in total. The SMILES string of the molecule is COc1cccc(-n2c(N)cc3nc4ccccc4nc32)c1. The summed E-state index contributed by atoms with van der Waals surface area (Å²) in [6.07, 6.45) is 0. The van der Waals surface area contributed by atoms with Crippen molar-refractivity contribution in [3.05, 3.63) is 54.6 Å². The minimum atomic E-state index is 0.596. The van der Waals surface area contributed by atoms with Crippen LogP contribution >= 0.6 is 0 Å². The van der Waals surface area contributed by atoms with Crippen LogP contribution in [-0.4, -0.2) is 21.6 Å². The number of methoxy groups -OCH3 is 1. The summed E-state index contributed by atoms with van der Waals surface area (Å²) in [5.74, 6) is 1.37. The number of ether oxygens (including phenoxy) is 1. The van der Waals surface area contributed by atoms with Gasteiger partial charge in [-0.25, -0.2) is 9.97 Å². The number of nitrogens with two attached hydrogens (primary N) is 1.